The number of nitrogens with one attached hydrogen (secondary N) is 1. The average Bonchev–Trinajstić information content (AvgIpc) is 2.45. The zero-order valence-corrected chi connectivity index (χ0v) is 13.8. The van der Waals surface area contributed by atoms with Crippen LogP contribution in [0.5, 0.6) is 5.75 Å². The Hall–Kier alpha value is -1.26. The maximum atomic E-state index is 5.97. The Morgan fingerprint density at radius 1 is 1.35 bits per heavy atom. The summed E-state index contributed by atoms with van der Waals surface area (Å²) in [4.78, 5) is 4.33. The fraction of sp³-hybridized carbons (Fsp3) is 0.267. The van der Waals surface area contributed by atoms with E-state index >= 15 is 0 Å². The summed E-state index contributed by atoms with van der Waals surface area (Å²) in [5.41, 5.74) is 3.02. The molecule has 0 amide bonds. The number of nitrogens with zero attached hydrogens (tertiary/aromatic N) is 1. The second kappa shape index (κ2) is 6.95. The molecule has 0 bridgehead atoms. The number of anilines is 2. The van der Waals surface area contributed by atoms with E-state index in [1.54, 1.807) is 6.20 Å². The van der Waals surface area contributed by atoms with Gasteiger partial charge in [-0.3, -0.25) is 0 Å². The van der Waals surface area contributed by atoms with Gasteiger partial charge in [-0.1, -0.05) is 0 Å². The van der Waals surface area contributed by atoms with E-state index in [2.05, 4.69) is 26.2 Å². The van der Waals surface area contributed by atoms with Gasteiger partial charge >= 0.3 is 0 Å². The van der Waals surface area contributed by atoms with Crippen molar-refractivity contribution in [1.82, 2.24) is 4.98 Å². The van der Waals surface area contributed by atoms with Crippen molar-refractivity contribution < 1.29 is 4.74 Å². The fourth-order valence-electron chi connectivity index (χ4n) is 1.82. The van der Waals surface area contributed by atoms with Crippen LogP contribution in [0, 0.1) is 6.92 Å². The van der Waals surface area contributed by atoms with Crippen molar-refractivity contribution in [3.8, 4) is 5.75 Å². The molecule has 0 spiro atoms. The van der Waals surface area contributed by atoms with Gasteiger partial charge in [0.1, 0.15) is 11.6 Å². The number of ether oxygens (including phenoxy) is 1. The number of benzene rings is 1. The van der Waals surface area contributed by atoms with E-state index in [-0.39, 0.29) is 0 Å². The minimum atomic E-state index is 0.410. The molecule has 1 aromatic heterocycles. The summed E-state index contributed by atoms with van der Waals surface area (Å²) < 4.78 is 6.50. The molecule has 0 fully saturated rings. The minimum absolute atomic E-state index is 0.410. The first-order chi connectivity index (χ1) is 9.65. The molecular weight excluding hydrogens is 340 g/mol. The molecule has 1 aromatic carbocycles. The maximum Gasteiger partial charge on any atom is 0.144 e. The highest BCUT2D eigenvalue weighted by Crippen LogP contribution is 2.29. The monoisotopic (exact) mass is 354 g/mol. The smallest absolute Gasteiger partial charge is 0.144 e. The van der Waals surface area contributed by atoms with Gasteiger partial charge < -0.3 is 10.1 Å². The van der Waals surface area contributed by atoms with Crippen LogP contribution >= 0.6 is 27.5 Å². The quantitative estimate of drug-likeness (QED) is 0.763. The van der Waals surface area contributed by atoms with Gasteiger partial charge in [0.2, 0.25) is 0 Å². The van der Waals surface area contributed by atoms with Gasteiger partial charge in [-0.25, -0.2) is 4.98 Å². The van der Waals surface area contributed by atoms with Crippen molar-refractivity contribution >= 4 is 39.0 Å². The Balaban J connectivity index is 2.27. The number of alkyl halides is 1. The molecule has 5 heteroatoms. The summed E-state index contributed by atoms with van der Waals surface area (Å²) in [6.07, 6.45) is 1.78. The van der Waals surface area contributed by atoms with E-state index in [1.165, 1.54) is 0 Å². The lowest BCUT2D eigenvalue weighted by molar-refractivity contribution is 0.337. The summed E-state index contributed by atoms with van der Waals surface area (Å²) in [7, 11) is 0. The number of halogens is 2. The van der Waals surface area contributed by atoms with Crippen LogP contribution in [-0.4, -0.2) is 11.6 Å². The number of hydrogen-bond acceptors (Lipinski definition) is 3. The van der Waals surface area contributed by atoms with Crippen molar-refractivity contribution in [3.63, 3.8) is 0 Å². The predicted octanol–water partition coefficient (Wildman–Crippen LogP) is 5.03. The van der Waals surface area contributed by atoms with Gasteiger partial charge in [-0.05, 0) is 59.6 Å². The second-order valence-corrected chi connectivity index (χ2v) is 5.36. The molecule has 0 aliphatic heterocycles. The predicted molar refractivity (Wildman–Crippen MR) is 87.1 cm³/mol. The second-order valence-electron chi connectivity index (χ2n) is 4.30. The molecule has 1 heterocycles. The van der Waals surface area contributed by atoms with Crippen LogP contribution in [0.2, 0.25) is 0 Å². The zero-order valence-electron chi connectivity index (χ0n) is 11.4. The lowest BCUT2D eigenvalue weighted by Crippen LogP contribution is -1.99. The molecule has 1 N–H and O–H groups in total. The highest BCUT2D eigenvalue weighted by molar-refractivity contribution is 9.10. The molecule has 106 valence electrons. The van der Waals surface area contributed by atoms with E-state index < -0.39 is 0 Å². The molecule has 0 aliphatic carbocycles. The topological polar surface area (TPSA) is 34.1 Å². The van der Waals surface area contributed by atoms with Gasteiger partial charge in [0.05, 0.1) is 17.0 Å². The van der Waals surface area contributed by atoms with Gasteiger partial charge in [-0.15, -0.1) is 11.6 Å². The van der Waals surface area contributed by atoms with Crippen molar-refractivity contribution in [1.29, 1.82) is 0 Å². The molecular formula is C15H16BrClN2O. The number of aryl methyl sites for hydroxylation is 1. The van der Waals surface area contributed by atoms with Crippen LogP contribution < -0.4 is 10.1 Å². The van der Waals surface area contributed by atoms with E-state index in [0.717, 1.165) is 32.9 Å². The summed E-state index contributed by atoms with van der Waals surface area (Å²) in [6.45, 7) is 4.61. The Morgan fingerprint density at radius 3 is 2.85 bits per heavy atom. The Labute approximate surface area is 132 Å². The molecule has 2 aromatic rings. The molecule has 0 radical (unpaired) electrons. The summed E-state index contributed by atoms with van der Waals surface area (Å²) >= 11 is 9.50. The third kappa shape index (κ3) is 3.44. The van der Waals surface area contributed by atoms with E-state index in [1.807, 2.05) is 38.1 Å². The van der Waals surface area contributed by atoms with Crippen molar-refractivity contribution in [3.05, 3.63) is 46.1 Å². The van der Waals surface area contributed by atoms with Crippen LogP contribution in [0.4, 0.5) is 11.5 Å². The normalized spacial score (nSPS) is 10.4. The SMILES string of the molecule is CCOc1ccc(Nc2nccc(C)c2Br)cc1CCl. The molecule has 0 atom stereocenters. The highest BCUT2D eigenvalue weighted by atomic mass is 79.9. The molecule has 0 unspecified atom stereocenters. The first-order valence-corrected chi connectivity index (χ1v) is 7.68. The molecule has 2 rings (SSSR count). The fourth-order valence-corrected chi connectivity index (χ4v) is 2.36. The van der Waals surface area contributed by atoms with Crippen LogP contribution in [0.1, 0.15) is 18.1 Å². The number of hydrogen-bond donors (Lipinski definition) is 1. The number of aromatic nitrogens is 1. The summed E-state index contributed by atoms with van der Waals surface area (Å²) in [5, 5.41) is 3.28. The van der Waals surface area contributed by atoms with Crippen molar-refractivity contribution in [2.75, 3.05) is 11.9 Å². The minimum Gasteiger partial charge on any atom is -0.494 e. The van der Waals surface area contributed by atoms with Crippen LogP contribution in [0.25, 0.3) is 0 Å². The van der Waals surface area contributed by atoms with Gasteiger partial charge in [0.25, 0.3) is 0 Å². The molecule has 3 nitrogen and oxygen atoms in total. The van der Waals surface area contributed by atoms with Crippen LogP contribution in [0.15, 0.2) is 34.9 Å². The average molecular weight is 356 g/mol. The van der Waals surface area contributed by atoms with Crippen LogP contribution in [-0.2, 0) is 5.88 Å². The van der Waals surface area contributed by atoms with E-state index in [4.69, 9.17) is 16.3 Å². The summed E-state index contributed by atoms with van der Waals surface area (Å²) in [5.74, 6) is 2.02. The zero-order chi connectivity index (χ0) is 14.5. The van der Waals surface area contributed by atoms with E-state index in [0.29, 0.717) is 12.5 Å². The van der Waals surface area contributed by atoms with E-state index in [9.17, 15) is 0 Å². The van der Waals surface area contributed by atoms with Crippen molar-refractivity contribution in [2.24, 2.45) is 0 Å². The Kier molecular flexibility index (Phi) is 5.26. The first-order valence-electron chi connectivity index (χ1n) is 6.35. The maximum absolute atomic E-state index is 5.97. The largest absolute Gasteiger partial charge is 0.494 e. The standard InChI is InChI=1S/C15H16BrClN2O/c1-3-20-13-5-4-12(8-11(13)9-17)19-15-14(16)10(2)6-7-18-15/h4-8H,3,9H2,1-2H3,(H,18,19). The van der Waals surface area contributed by atoms with Crippen molar-refractivity contribution in [2.45, 2.75) is 19.7 Å². The molecule has 0 saturated carbocycles. The molecule has 0 aliphatic rings. The number of rotatable bonds is 5. The third-order valence-corrected chi connectivity index (χ3v) is 4.14. The lowest BCUT2D eigenvalue weighted by Gasteiger charge is -2.13. The van der Waals surface area contributed by atoms with Gasteiger partial charge in [-0.2, -0.15) is 0 Å². The Bertz CT molecular complexity index is 604. The molecule has 0 saturated heterocycles. The Morgan fingerprint density at radius 2 is 2.15 bits per heavy atom. The third-order valence-electron chi connectivity index (χ3n) is 2.85. The van der Waals surface area contributed by atoms with Gasteiger partial charge in [0, 0.05) is 17.4 Å². The summed E-state index contributed by atoms with van der Waals surface area (Å²) in [6, 6.07) is 7.82. The van der Waals surface area contributed by atoms with Gasteiger partial charge in [0.15, 0.2) is 0 Å². The lowest BCUT2D eigenvalue weighted by atomic mass is 10.2. The molecule has 20 heavy (non-hydrogen) atoms. The number of pyridine rings is 1. The first kappa shape index (κ1) is 15.1. The van der Waals surface area contributed by atoms with Crippen LogP contribution in [0.3, 0.4) is 0 Å². The highest BCUT2D eigenvalue weighted by Gasteiger charge is 2.07.